The van der Waals surface area contributed by atoms with Crippen LogP contribution in [-0.4, -0.2) is 106 Å². The van der Waals surface area contributed by atoms with Crippen molar-refractivity contribution < 1.29 is 86.3 Å². The highest BCUT2D eigenvalue weighted by atomic mass is 16.2. The Bertz CT molecular complexity index is 3730. The van der Waals surface area contributed by atoms with E-state index in [0.29, 0.717) is 72.6 Å². The number of Topliss-reactive ketones (excluding diaryl/α,β-unsaturated/α-hetero) is 6. The fraction of sp³-hybridized carbons (Fsp3) is 0.154. The molecule has 0 atom stereocenters. The van der Waals surface area contributed by atoms with Gasteiger partial charge in [-0.3, -0.25) is 86.3 Å². The normalized spacial score (nSPS) is 14.5. The molecule has 0 radical (unpaired) electrons. The second-order valence-corrected chi connectivity index (χ2v) is 23.3. The molecule has 0 saturated carbocycles. The van der Waals surface area contributed by atoms with Crippen LogP contribution >= 0.6 is 0 Å². The summed E-state index contributed by atoms with van der Waals surface area (Å²) in [6.07, 6.45) is 17.1. The molecule has 0 spiro atoms. The Morgan fingerprint density at radius 1 is 0.176 bits per heavy atom. The van der Waals surface area contributed by atoms with Gasteiger partial charge < -0.3 is 0 Å². The van der Waals surface area contributed by atoms with Crippen molar-refractivity contribution >= 4 is 140 Å². The van der Waals surface area contributed by atoms with Crippen molar-refractivity contribution in [2.75, 3.05) is 29.4 Å². The van der Waals surface area contributed by atoms with Crippen molar-refractivity contribution in [3.8, 4) is 0 Å². The number of nitrogens with zero attached hydrogens (tertiary/aromatic N) is 6. The third-order valence-electron chi connectivity index (χ3n) is 14.7. The number of carbonyl (C=O) groups is 18. The van der Waals surface area contributed by atoms with Crippen molar-refractivity contribution in [2.45, 2.75) is 80.1 Å². The Balaban J connectivity index is 0.000000172. The van der Waals surface area contributed by atoms with Crippen LogP contribution in [0.5, 0.6) is 0 Å². The van der Waals surface area contributed by atoms with Gasteiger partial charge in [-0.15, -0.1) is 0 Å². The molecule has 0 fully saturated rings. The first kappa shape index (κ1) is 76.0. The van der Waals surface area contributed by atoms with Gasteiger partial charge in [0, 0.05) is 111 Å². The molecule has 0 unspecified atom stereocenters. The monoisotopic (exact) mass is 1370 g/mol. The largest absolute Gasteiger partial charge is 0.300 e. The molecule has 516 valence electrons. The zero-order chi connectivity index (χ0) is 74.5. The Kier molecular flexibility index (Phi) is 26.2. The van der Waals surface area contributed by atoms with Crippen LogP contribution in [0.25, 0.3) is 0 Å². The summed E-state index contributed by atoms with van der Waals surface area (Å²) in [7, 11) is 0. The van der Waals surface area contributed by atoms with E-state index >= 15 is 0 Å². The second-order valence-electron chi connectivity index (χ2n) is 23.3. The van der Waals surface area contributed by atoms with E-state index in [-0.39, 0.29) is 106 Å². The number of hydrogen-bond donors (Lipinski definition) is 0. The molecule has 6 heterocycles. The van der Waals surface area contributed by atoms with Gasteiger partial charge in [-0.05, 0) is 148 Å². The molecule has 0 saturated heterocycles. The highest BCUT2D eigenvalue weighted by Crippen LogP contribution is 2.26. The smallest absolute Gasteiger partial charge is 0.258 e. The number of carbonyl (C=O) groups excluding carboxylic acids is 18. The Labute approximate surface area is 584 Å². The van der Waals surface area contributed by atoms with Crippen LogP contribution in [0.1, 0.15) is 74.9 Å². The molecule has 6 aromatic rings. The summed E-state index contributed by atoms with van der Waals surface area (Å²) in [5.41, 5.74) is 8.36. The molecule has 6 aliphatic rings. The molecule has 12 amide bonds. The fourth-order valence-electron chi connectivity index (χ4n) is 10.2. The van der Waals surface area contributed by atoms with Gasteiger partial charge >= 0.3 is 0 Å². The number of anilines is 6. The molecule has 0 bridgehead atoms. The van der Waals surface area contributed by atoms with E-state index in [1.54, 1.807) is 146 Å². The molecule has 6 aromatic carbocycles. The van der Waals surface area contributed by atoms with Gasteiger partial charge in [0.25, 0.3) is 70.9 Å². The van der Waals surface area contributed by atoms with Gasteiger partial charge in [0.15, 0.2) is 0 Å². The molecule has 0 N–H and O–H groups in total. The van der Waals surface area contributed by atoms with Crippen molar-refractivity contribution in [1.82, 2.24) is 0 Å². The number of rotatable bonds is 18. The minimum Gasteiger partial charge on any atom is -0.300 e. The third-order valence-corrected chi connectivity index (χ3v) is 14.7. The van der Waals surface area contributed by atoms with E-state index in [0.717, 1.165) is 62.8 Å². The van der Waals surface area contributed by atoms with Crippen LogP contribution in [0.4, 0.5) is 34.1 Å². The van der Waals surface area contributed by atoms with Gasteiger partial charge in [0.05, 0.1) is 34.1 Å². The molecule has 24 nitrogen and oxygen atoms in total. The standard InChI is InChI=1S/6C13H11NO3/c6*1-9(15)8-10-2-4-11(5-3-10)14-12(16)6-7-13(14)17/h6*2-7H,8H2,1H3. The van der Waals surface area contributed by atoms with Gasteiger partial charge in [-0.1, -0.05) is 72.8 Å². The maximum absolute atomic E-state index is 11.4. The van der Waals surface area contributed by atoms with Crippen LogP contribution in [0.3, 0.4) is 0 Å². The summed E-state index contributed by atoms with van der Waals surface area (Å²) in [5.74, 6) is -3.60. The van der Waals surface area contributed by atoms with E-state index in [1.807, 2.05) is 0 Å². The van der Waals surface area contributed by atoms with Crippen LogP contribution in [0, 0.1) is 0 Å². The lowest BCUT2D eigenvalue weighted by Crippen LogP contribution is -2.29. The van der Waals surface area contributed by atoms with Gasteiger partial charge in [0.1, 0.15) is 34.7 Å². The summed E-state index contributed by atoms with van der Waals surface area (Å²) >= 11 is 0. The maximum Gasteiger partial charge on any atom is 0.258 e. The third kappa shape index (κ3) is 21.3. The topological polar surface area (TPSA) is 327 Å². The molecule has 0 aliphatic carbocycles. The lowest BCUT2D eigenvalue weighted by Gasteiger charge is -2.13. The van der Waals surface area contributed by atoms with Gasteiger partial charge in [-0.2, -0.15) is 0 Å². The lowest BCUT2D eigenvalue weighted by atomic mass is 10.1. The number of imide groups is 6. The van der Waals surface area contributed by atoms with E-state index in [2.05, 4.69) is 0 Å². The van der Waals surface area contributed by atoms with Crippen molar-refractivity contribution in [3.05, 3.63) is 252 Å². The molecule has 12 rings (SSSR count). The molecule has 102 heavy (non-hydrogen) atoms. The highest BCUT2D eigenvalue weighted by Gasteiger charge is 2.30. The minimum absolute atomic E-state index is 0.0766. The quantitative estimate of drug-likeness (QED) is 0.0752. The van der Waals surface area contributed by atoms with Crippen LogP contribution in [0.15, 0.2) is 219 Å². The first-order valence-electron chi connectivity index (χ1n) is 31.3. The van der Waals surface area contributed by atoms with E-state index in [1.165, 1.54) is 114 Å². The number of hydrogen-bond acceptors (Lipinski definition) is 18. The van der Waals surface area contributed by atoms with Gasteiger partial charge in [0.2, 0.25) is 0 Å². The zero-order valence-corrected chi connectivity index (χ0v) is 56.1. The molecular weight excluding hydrogens is 1310 g/mol. The molecular formula is C78H66N6O18. The Hall–Kier alpha value is -13.4. The van der Waals surface area contributed by atoms with Gasteiger partial charge in [-0.25, -0.2) is 29.4 Å². The van der Waals surface area contributed by atoms with Crippen LogP contribution < -0.4 is 29.4 Å². The van der Waals surface area contributed by atoms with Crippen LogP contribution in [0.2, 0.25) is 0 Å². The predicted octanol–water partition coefficient (Wildman–Crippen LogP) is 7.49. The van der Waals surface area contributed by atoms with E-state index in [9.17, 15) is 86.3 Å². The number of benzene rings is 6. The Morgan fingerprint density at radius 2 is 0.265 bits per heavy atom. The summed E-state index contributed by atoms with van der Waals surface area (Å²) in [4.78, 5) is 209. The Morgan fingerprint density at radius 3 is 0.343 bits per heavy atom. The highest BCUT2D eigenvalue weighted by molar-refractivity contribution is 6.31. The summed E-state index contributed by atoms with van der Waals surface area (Å²) in [6.45, 7) is 9.12. The van der Waals surface area contributed by atoms with E-state index in [4.69, 9.17) is 0 Å². The molecule has 6 aliphatic heterocycles. The maximum atomic E-state index is 11.4. The number of amides is 12. The first-order chi connectivity index (χ1) is 48.5. The van der Waals surface area contributed by atoms with Crippen molar-refractivity contribution in [3.63, 3.8) is 0 Å². The summed E-state index contributed by atoms with van der Waals surface area (Å²) in [6, 6.07) is 41.0. The SMILES string of the molecule is CC(=O)Cc1ccc(N2C(=O)C=CC2=O)cc1.CC(=O)Cc1ccc(N2C(=O)C=CC2=O)cc1.CC(=O)Cc1ccc(N2C(=O)C=CC2=O)cc1.CC(=O)Cc1ccc(N2C(=O)C=CC2=O)cc1.CC(=O)Cc1ccc(N2C(=O)C=CC2=O)cc1.CC(=O)Cc1ccc(N2C(=O)C=CC2=O)cc1. The van der Waals surface area contributed by atoms with E-state index < -0.39 is 0 Å². The average Bonchev–Trinajstić information content (AvgIpc) is 1.70. The average molecular weight is 1380 g/mol. The fourth-order valence-corrected chi connectivity index (χ4v) is 10.2. The second kappa shape index (κ2) is 35.2. The van der Waals surface area contributed by atoms with Crippen LogP contribution in [-0.2, 0) is 125 Å². The number of ketones is 6. The van der Waals surface area contributed by atoms with Crippen molar-refractivity contribution in [1.29, 1.82) is 0 Å². The molecule has 0 aromatic heterocycles. The minimum atomic E-state index is -0.339. The lowest BCUT2D eigenvalue weighted by molar-refractivity contribution is -0.121. The van der Waals surface area contributed by atoms with Crippen molar-refractivity contribution in [2.24, 2.45) is 0 Å². The first-order valence-corrected chi connectivity index (χ1v) is 31.3. The predicted molar refractivity (Wildman–Crippen MR) is 375 cm³/mol. The summed E-state index contributed by atoms with van der Waals surface area (Å²) < 4.78 is 0. The zero-order valence-electron chi connectivity index (χ0n) is 56.1. The molecule has 24 heteroatoms. The summed E-state index contributed by atoms with van der Waals surface area (Å²) in [5, 5.41) is 0.